The van der Waals surface area contributed by atoms with Crippen LogP contribution in [0.1, 0.15) is 50.7 Å². The maximum absolute atomic E-state index is 14.7. The van der Waals surface area contributed by atoms with Crippen molar-refractivity contribution in [2.45, 2.75) is 113 Å². The number of nitrogens with zero attached hydrogens (tertiary/aromatic N) is 1. The molecule has 72 heavy (non-hydrogen) atoms. The molecule has 1 saturated heterocycles. The summed E-state index contributed by atoms with van der Waals surface area (Å²) in [7, 11) is 1.91. The van der Waals surface area contributed by atoms with Crippen molar-refractivity contribution in [3.8, 4) is 0 Å². The van der Waals surface area contributed by atoms with Gasteiger partial charge in [0.05, 0.1) is 24.0 Å². The number of hydrogen-bond acceptors (Lipinski definition) is 15. The number of aliphatic carboxylic acids is 1. The van der Waals surface area contributed by atoms with Gasteiger partial charge in [-0.3, -0.25) is 38.6 Å². The van der Waals surface area contributed by atoms with E-state index in [9.17, 15) is 53.7 Å². The van der Waals surface area contributed by atoms with Crippen LogP contribution in [0.5, 0.6) is 0 Å². The molecule has 0 spiro atoms. The number of allylic oxidation sites excluding steroid dienone is 4. The van der Waals surface area contributed by atoms with Gasteiger partial charge in [0.25, 0.3) is 0 Å². The molecule has 14 N–H and O–H groups in total. The molecule has 2 aromatic rings. The van der Waals surface area contributed by atoms with Crippen LogP contribution in [0.25, 0.3) is 0 Å². The van der Waals surface area contributed by atoms with E-state index in [4.69, 9.17) is 11.5 Å². The van der Waals surface area contributed by atoms with Gasteiger partial charge in [0.2, 0.25) is 41.4 Å². The number of unbranched alkanes of at least 4 members (excludes halogenated alkanes) is 1. The van der Waals surface area contributed by atoms with Crippen molar-refractivity contribution in [3.63, 3.8) is 0 Å². The van der Waals surface area contributed by atoms with Gasteiger partial charge in [-0.15, -0.1) is 0 Å². The van der Waals surface area contributed by atoms with E-state index < -0.39 is 108 Å². The summed E-state index contributed by atoms with van der Waals surface area (Å²) >= 11 is 0. The van der Waals surface area contributed by atoms with Crippen molar-refractivity contribution in [2.24, 2.45) is 22.4 Å². The number of amides is 7. The Morgan fingerprint density at radius 1 is 0.764 bits per heavy atom. The largest absolute Gasteiger partial charge is 0.480 e. The number of rotatable bonds is 17. The number of benzene rings is 2. The molecule has 3 aliphatic rings. The van der Waals surface area contributed by atoms with Gasteiger partial charge in [-0.1, -0.05) is 100 Å². The fraction of sp³-hybridized carbons (Fsp3) is 0.449. The lowest BCUT2D eigenvalue weighted by atomic mass is 9.88. The maximum atomic E-state index is 14.7. The predicted octanol–water partition coefficient (Wildman–Crippen LogP) is -0.966. The summed E-state index contributed by atoms with van der Waals surface area (Å²) in [6.07, 6.45) is 6.49. The van der Waals surface area contributed by atoms with Crippen LogP contribution in [0.2, 0.25) is 0 Å². The number of carbonyl (C=O) groups is 8. The van der Waals surface area contributed by atoms with Crippen molar-refractivity contribution in [1.82, 2.24) is 37.2 Å². The summed E-state index contributed by atoms with van der Waals surface area (Å²) < 4.78 is 0. The van der Waals surface area contributed by atoms with Crippen LogP contribution < -0.4 is 48.7 Å². The van der Waals surface area contributed by atoms with E-state index in [1.165, 1.54) is 6.92 Å². The van der Waals surface area contributed by atoms with Crippen molar-refractivity contribution in [1.29, 1.82) is 0 Å². The van der Waals surface area contributed by atoms with E-state index in [1.54, 1.807) is 66.9 Å². The third-order valence-electron chi connectivity index (χ3n) is 11.9. The second-order valence-electron chi connectivity index (χ2n) is 17.6. The Bertz CT molecular complexity index is 2370. The maximum Gasteiger partial charge on any atom is 0.328 e. The minimum absolute atomic E-state index is 0.000674. The number of nitrogens with one attached hydrogen (secondary N) is 7. The topological polar surface area (TPSA) is 346 Å². The molecule has 2 aliphatic heterocycles. The summed E-state index contributed by atoms with van der Waals surface area (Å²) in [6, 6.07) is 6.00. The standard InChI is InChI=1S/C49H64N10O11S2/c1-27(60)40-48(68)57-39(47(67)59-41(28(2)61)49(69)70)26-72-71-25-38(56-42(62)33(51)21-29-13-5-3-6-14-29)46(66)54-36(22-30-15-7-4-8-16-30)44(64)55-37(23-31-24-52-34-18-10-9-17-32(31)34)45(65)53-35(43(63)58-40)19-11-12-20-50/h3-10,13-18,24,27-28,32-33,35-41,60-61H,11-12,19-23,25-26,50-51H2,1-2H3,(H,53,65)(H,54,66)(H,55,64)(H,56,62)(H,57,68)(H,58,63)(H,59,67)(H,69,70). The average Bonchev–Trinajstić information content (AvgIpc) is 3.76. The molecule has 0 bridgehead atoms. The van der Waals surface area contributed by atoms with Crippen LogP contribution >= 0.6 is 21.6 Å². The van der Waals surface area contributed by atoms with E-state index in [-0.39, 0.29) is 49.7 Å². The lowest BCUT2D eigenvalue weighted by Crippen LogP contribution is -2.62. The molecule has 11 atom stereocenters. The highest BCUT2D eigenvalue weighted by molar-refractivity contribution is 8.76. The third-order valence-corrected chi connectivity index (χ3v) is 14.3. The number of aliphatic imine (C=N–C) groups is 1. The first-order chi connectivity index (χ1) is 34.4. The van der Waals surface area contributed by atoms with Crippen LogP contribution in [0.4, 0.5) is 0 Å². The number of fused-ring (bicyclic) bond motifs is 1. The van der Waals surface area contributed by atoms with E-state index in [0.717, 1.165) is 34.1 Å². The molecule has 0 radical (unpaired) electrons. The molecule has 0 saturated carbocycles. The first kappa shape index (κ1) is 56.5. The molecule has 7 amide bonds. The average molecular weight is 1030 g/mol. The summed E-state index contributed by atoms with van der Waals surface area (Å²) in [4.78, 5) is 116. The Morgan fingerprint density at radius 2 is 1.38 bits per heavy atom. The van der Waals surface area contributed by atoms with Crippen LogP contribution in [-0.4, -0.2) is 147 Å². The first-order valence-electron chi connectivity index (χ1n) is 23.6. The minimum Gasteiger partial charge on any atom is -0.480 e. The zero-order chi connectivity index (χ0) is 52.3. The lowest BCUT2D eigenvalue weighted by molar-refractivity contribution is -0.145. The summed E-state index contributed by atoms with van der Waals surface area (Å²) in [5.74, 6) is -8.57. The molecular formula is C49H64N10O11S2. The molecule has 1 fully saturated rings. The van der Waals surface area contributed by atoms with Gasteiger partial charge in [0.15, 0.2) is 6.04 Å². The normalized spacial score (nSPS) is 25.0. The molecule has 11 unspecified atom stereocenters. The van der Waals surface area contributed by atoms with Gasteiger partial charge >= 0.3 is 5.97 Å². The summed E-state index contributed by atoms with van der Waals surface area (Å²) in [6.45, 7) is 2.60. The number of carbonyl (C=O) groups excluding carboxylic acids is 7. The van der Waals surface area contributed by atoms with Crippen LogP contribution in [-0.2, 0) is 51.2 Å². The summed E-state index contributed by atoms with van der Waals surface area (Å²) in [5, 5.41) is 49.0. The van der Waals surface area contributed by atoms with Crippen molar-refractivity contribution in [2.75, 3.05) is 18.1 Å². The number of nitrogens with two attached hydrogens (primary N) is 2. The van der Waals surface area contributed by atoms with Crippen LogP contribution in [0.3, 0.4) is 0 Å². The fourth-order valence-corrected chi connectivity index (χ4v) is 10.2. The van der Waals surface area contributed by atoms with Crippen molar-refractivity contribution < 1.29 is 53.7 Å². The first-order valence-corrected chi connectivity index (χ1v) is 26.0. The zero-order valence-electron chi connectivity index (χ0n) is 39.9. The molecular weight excluding hydrogens is 969 g/mol. The van der Waals surface area contributed by atoms with Crippen LogP contribution in [0.15, 0.2) is 102 Å². The Morgan fingerprint density at radius 3 is 2.01 bits per heavy atom. The van der Waals surface area contributed by atoms with E-state index in [0.29, 0.717) is 29.7 Å². The Balaban J connectivity index is 1.55. The second kappa shape index (κ2) is 28.0. The molecule has 388 valence electrons. The van der Waals surface area contributed by atoms with E-state index >= 15 is 0 Å². The van der Waals surface area contributed by atoms with Crippen molar-refractivity contribution >= 4 is 74.6 Å². The van der Waals surface area contributed by atoms with Crippen molar-refractivity contribution in [3.05, 3.63) is 108 Å². The highest BCUT2D eigenvalue weighted by Crippen LogP contribution is 2.29. The molecule has 0 aromatic heterocycles. The second-order valence-corrected chi connectivity index (χ2v) is 20.2. The number of aliphatic hydroxyl groups excluding tert-OH is 2. The Hall–Kier alpha value is -6.37. The lowest BCUT2D eigenvalue weighted by Gasteiger charge is -2.29. The fourth-order valence-electron chi connectivity index (χ4n) is 7.87. The zero-order valence-corrected chi connectivity index (χ0v) is 41.5. The number of carboxylic acids is 1. The van der Waals surface area contributed by atoms with Crippen LogP contribution in [0, 0.1) is 5.92 Å². The van der Waals surface area contributed by atoms with Gasteiger partial charge in [0.1, 0.15) is 36.3 Å². The number of carboxylic acid groups (broad SMARTS) is 1. The quantitative estimate of drug-likeness (QED) is 0.0671. The van der Waals surface area contributed by atoms with Gasteiger partial charge < -0.3 is 64.0 Å². The van der Waals surface area contributed by atoms with E-state index in [1.807, 2.05) is 24.3 Å². The van der Waals surface area contributed by atoms with Gasteiger partial charge in [-0.05, 0) is 68.9 Å². The molecule has 2 aromatic carbocycles. The monoisotopic (exact) mass is 1030 g/mol. The molecule has 1 aliphatic carbocycles. The smallest absolute Gasteiger partial charge is 0.328 e. The SMILES string of the molecule is CC(O)C(NC(=O)C1CSSCC(NC(=O)C(N)Cc2ccccc2)C(=O)NC(Cc2ccccc2)C(=O)NC(CC2=CN=C3C=CC=CC23)C(=O)NC(CCCCN)C(=O)NC(C(C)O)C(=O)N1)C(=O)O. The van der Waals surface area contributed by atoms with Gasteiger partial charge in [-0.2, -0.15) is 0 Å². The number of hydrogen-bond donors (Lipinski definition) is 12. The molecule has 23 heteroatoms. The predicted molar refractivity (Wildman–Crippen MR) is 273 cm³/mol. The Kier molecular flexibility index (Phi) is 22.0. The molecule has 5 rings (SSSR count). The number of aliphatic hydroxyl groups is 2. The summed E-state index contributed by atoms with van der Waals surface area (Å²) in [5.41, 5.74) is 14.9. The van der Waals surface area contributed by atoms with Gasteiger partial charge in [0, 0.05) is 36.5 Å². The third kappa shape index (κ3) is 16.9. The van der Waals surface area contributed by atoms with E-state index in [2.05, 4.69) is 42.2 Å². The minimum atomic E-state index is -1.80. The molecule has 2 heterocycles. The molecule has 21 nitrogen and oxygen atoms in total. The Labute approximate surface area is 425 Å². The highest BCUT2D eigenvalue weighted by Gasteiger charge is 2.38. The van der Waals surface area contributed by atoms with Gasteiger partial charge in [-0.25, -0.2) is 4.79 Å². The highest BCUT2D eigenvalue weighted by atomic mass is 33.1.